The lowest BCUT2D eigenvalue weighted by Gasteiger charge is -2.56. The van der Waals surface area contributed by atoms with Crippen LogP contribution in [0.5, 0.6) is 0 Å². The van der Waals surface area contributed by atoms with Crippen LogP contribution in [-0.2, 0) is 19.6 Å². The summed E-state index contributed by atoms with van der Waals surface area (Å²) < 4.78 is 32.7. The Balaban J connectivity index is 1.18. The van der Waals surface area contributed by atoms with Crippen molar-refractivity contribution in [2.75, 3.05) is 11.3 Å². The van der Waals surface area contributed by atoms with Crippen molar-refractivity contribution in [3.63, 3.8) is 0 Å². The normalized spacial score (nSPS) is 27.7. The molecule has 0 spiro atoms. The van der Waals surface area contributed by atoms with Gasteiger partial charge in [0.25, 0.3) is 15.9 Å². The third-order valence-electron chi connectivity index (χ3n) is 7.18. The number of ether oxygens (including phenoxy) is 1. The lowest BCUT2D eigenvalue weighted by Crippen LogP contribution is -2.60. The number of hydrogen-bond donors (Lipinski definition) is 2. The molecular formula is C25H28N2O5S. The lowest BCUT2D eigenvalue weighted by atomic mass is 9.53. The van der Waals surface area contributed by atoms with Gasteiger partial charge in [0.2, 0.25) is 0 Å². The molecule has 0 radical (unpaired) electrons. The Hall–Kier alpha value is -2.87. The van der Waals surface area contributed by atoms with E-state index in [0.29, 0.717) is 17.8 Å². The van der Waals surface area contributed by atoms with Crippen LogP contribution in [-0.4, -0.2) is 32.4 Å². The van der Waals surface area contributed by atoms with Gasteiger partial charge < -0.3 is 10.1 Å². The van der Waals surface area contributed by atoms with Gasteiger partial charge in [0.15, 0.2) is 6.61 Å². The molecule has 7 nitrogen and oxygen atoms in total. The molecule has 2 aromatic rings. The zero-order valence-electron chi connectivity index (χ0n) is 18.3. The summed E-state index contributed by atoms with van der Waals surface area (Å²) >= 11 is 0. The predicted octanol–water partition coefficient (Wildman–Crippen LogP) is 3.73. The molecule has 174 valence electrons. The Morgan fingerprint density at radius 2 is 1.55 bits per heavy atom. The first kappa shape index (κ1) is 21.9. The highest BCUT2D eigenvalue weighted by Crippen LogP contribution is 2.55. The summed E-state index contributed by atoms with van der Waals surface area (Å²) in [5.41, 5.74) is 0.283. The average Bonchev–Trinajstić information content (AvgIpc) is 2.77. The Morgan fingerprint density at radius 1 is 0.909 bits per heavy atom. The minimum atomic E-state index is -3.77. The molecule has 4 bridgehead atoms. The first-order valence-corrected chi connectivity index (χ1v) is 12.9. The number of nitrogens with one attached hydrogen (secondary N) is 2. The van der Waals surface area contributed by atoms with Gasteiger partial charge in [-0.05, 0) is 86.6 Å². The maximum absolute atomic E-state index is 12.6. The zero-order chi connectivity index (χ0) is 23.1. The van der Waals surface area contributed by atoms with Crippen LogP contribution in [0.3, 0.4) is 0 Å². The van der Waals surface area contributed by atoms with Crippen LogP contribution in [0.25, 0.3) is 0 Å². The fourth-order valence-corrected chi connectivity index (χ4v) is 7.40. The van der Waals surface area contributed by atoms with Crippen molar-refractivity contribution < 1.29 is 22.7 Å². The molecule has 33 heavy (non-hydrogen) atoms. The number of carbonyl (C=O) groups excluding carboxylic acids is 2. The first-order valence-electron chi connectivity index (χ1n) is 11.5. The molecular weight excluding hydrogens is 440 g/mol. The summed E-state index contributed by atoms with van der Waals surface area (Å²) in [7, 11) is -3.77. The number of sulfonamides is 1. The zero-order valence-corrected chi connectivity index (χ0v) is 19.1. The molecule has 2 aromatic carbocycles. The second-order valence-corrected chi connectivity index (χ2v) is 11.5. The number of esters is 1. The van der Waals surface area contributed by atoms with Crippen molar-refractivity contribution in [1.82, 2.24) is 5.32 Å². The van der Waals surface area contributed by atoms with Crippen molar-refractivity contribution in [1.29, 1.82) is 0 Å². The third kappa shape index (κ3) is 4.76. The van der Waals surface area contributed by atoms with Gasteiger partial charge in [-0.3, -0.25) is 9.52 Å². The van der Waals surface area contributed by atoms with Crippen LogP contribution in [0.2, 0.25) is 0 Å². The molecule has 0 unspecified atom stereocenters. The fourth-order valence-electron chi connectivity index (χ4n) is 6.33. The summed E-state index contributed by atoms with van der Waals surface area (Å²) in [6.45, 7) is -0.347. The van der Waals surface area contributed by atoms with Crippen molar-refractivity contribution in [3.05, 3.63) is 60.2 Å². The molecule has 0 aromatic heterocycles. The molecule has 4 aliphatic rings. The van der Waals surface area contributed by atoms with Crippen LogP contribution in [0, 0.1) is 17.8 Å². The first-order chi connectivity index (χ1) is 15.8. The Bertz CT molecular complexity index is 1130. The molecule has 4 saturated carbocycles. The van der Waals surface area contributed by atoms with Gasteiger partial charge in [-0.2, -0.15) is 0 Å². The van der Waals surface area contributed by atoms with E-state index in [-0.39, 0.29) is 34.2 Å². The number of carbonyl (C=O) groups is 2. The molecule has 0 heterocycles. The lowest BCUT2D eigenvalue weighted by molar-refractivity contribution is -0.130. The molecule has 8 heteroatoms. The smallest absolute Gasteiger partial charge is 0.338 e. The third-order valence-corrected chi connectivity index (χ3v) is 8.58. The second-order valence-electron chi connectivity index (χ2n) is 9.82. The standard InChI is InChI=1S/C25H28N2O5S/c28-23(26-25-13-17-9-18(14-25)11-19(10-17)15-25)16-32-24(29)20-5-4-6-21(12-20)27-33(30,31)22-7-2-1-3-8-22/h1-8,12,17-19,27H,9-11,13-16H2,(H,26,28). The van der Waals surface area contributed by atoms with E-state index in [0.717, 1.165) is 19.3 Å². The molecule has 0 aliphatic heterocycles. The van der Waals surface area contributed by atoms with E-state index in [2.05, 4.69) is 10.0 Å². The van der Waals surface area contributed by atoms with Crippen LogP contribution < -0.4 is 10.0 Å². The van der Waals surface area contributed by atoms with Crippen LogP contribution in [0.1, 0.15) is 48.9 Å². The number of rotatable bonds is 7. The fraction of sp³-hybridized carbons (Fsp3) is 0.440. The van der Waals surface area contributed by atoms with Crippen LogP contribution in [0.15, 0.2) is 59.5 Å². The topological polar surface area (TPSA) is 102 Å². The van der Waals surface area contributed by atoms with E-state index in [1.54, 1.807) is 30.3 Å². The van der Waals surface area contributed by atoms with E-state index in [1.165, 1.54) is 43.5 Å². The van der Waals surface area contributed by atoms with Gasteiger partial charge in [0.1, 0.15) is 0 Å². The highest BCUT2D eigenvalue weighted by molar-refractivity contribution is 7.92. The SMILES string of the molecule is O=C(COC(=O)c1cccc(NS(=O)(=O)c2ccccc2)c1)NC12CC3CC(CC(C3)C1)C2. The van der Waals surface area contributed by atoms with Crippen LogP contribution >= 0.6 is 0 Å². The maximum Gasteiger partial charge on any atom is 0.338 e. The van der Waals surface area contributed by atoms with Crippen molar-refractivity contribution in [3.8, 4) is 0 Å². The largest absolute Gasteiger partial charge is 0.452 e. The highest BCUT2D eigenvalue weighted by Gasteiger charge is 2.51. The number of hydrogen-bond acceptors (Lipinski definition) is 5. The molecule has 0 atom stereocenters. The van der Waals surface area contributed by atoms with Crippen LogP contribution in [0.4, 0.5) is 5.69 Å². The summed E-state index contributed by atoms with van der Waals surface area (Å²) in [5.74, 6) is 1.19. The van der Waals surface area contributed by atoms with Gasteiger partial charge in [-0.25, -0.2) is 13.2 Å². The van der Waals surface area contributed by atoms with Gasteiger partial charge >= 0.3 is 5.97 Å². The van der Waals surface area contributed by atoms with E-state index >= 15 is 0 Å². The second kappa shape index (κ2) is 8.48. The monoisotopic (exact) mass is 468 g/mol. The van der Waals surface area contributed by atoms with Crippen molar-refractivity contribution in [2.45, 2.75) is 49.0 Å². The maximum atomic E-state index is 12.6. The van der Waals surface area contributed by atoms with Gasteiger partial charge in [-0.1, -0.05) is 24.3 Å². The van der Waals surface area contributed by atoms with E-state index in [1.807, 2.05) is 0 Å². The Morgan fingerprint density at radius 3 is 2.18 bits per heavy atom. The number of amides is 1. The Labute approximate surface area is 194 Å². The molecule has 6 rings (SSSR count). The summed E-state index contributed by atoms with van der Waals surface area (Å²) in [4.78, 5) is 25.2. The van der Waals surface area contributed by atoms with Crippen molar-refractivity contribution >= 4 is 27.6 Å². The number of benzene rings is 2. The molecule has 4 fully saturated rings. The van der Waals surface area contributed by atoms with E-state index in [4.69, 9.17) is 4.74 Å². The van der Waals surface area contributed by atoms with Gasteiger partial charge in [-0.15, -0.1) is 0 Å². The molecule has 4 aliphatic carbocycles. The number of anilines is 1. The summed E-state index contributed by atoms with van der Waals surface area (Å²) in [6, 6.07) is 14.0. The quantitative estimate of drug-likeness (QED) is 0.603. The van der Waals surface area contributed by atoms with E-state index in [9.17, 15) is 18.0 Å². The summed E-state index contributed by atoms with van der Waals surface area (Å²) in [5, 5.41) is 3.18. The van der Waals surface area contributed by atoms with Gasteiger partial charge in [0, 0.05) is 11.2 Å². The van der Waals surface area contributed by atoms with Crippen molar-refractivity contribution in [2.24, 2.45) is 17.8 Å². The molecule has 1 amide bonds. The Kier molecular flexibility index (Phi) is 5.64. The van der Waals surface area contributed by atoms with E-state index < -0.39 is 16.0 Å². The molecule has 2 N–H and O–H groups in total. The minimum absolute atomic E-state index is 0.124. The summed E-state index contributed by atoms with van der Waals surface area (Å²) in [6.07, 6.45) is 6.95. The minimum Gasteiger partial charge on any atom is -0.452 e. The average molecular weight is 469 g/mol. The van der Waals surface area contributed by atoms with Gasteiger partial charge in [0.05, 0.1) is 10.5 Å². The highest BCUT2D eigenvalue weighted by atomic mass is 32.2. The predicted molar refractivity (Wildman–Crippen MR) is 123 cm³/mol. The molecule has 0 saturated heterocycles.